The van der Waals surface area contributed by atoms with E-state index in [9.17, 15) is 9.59 Å². The van der Waals surface area contributed by atoms with E-state index in [2.05, 4.69) is 0 Å². The van der Waals surface area contributed by atoms with Crippen molar-refractivity contribution >= 4 is 11.8 Å². The number of carbonyl (C=O) groups is 2. The lowest BCUT2D eigenvalue weighted by atomic mass is 10.00. The molecule has 1 aromatic carbocycles. The molecule has 0 radical (unpaired) electrons. The predicted molar refractivity (Wildman–Crippen MR) is 59.2 cm³/mol. The van der Waals surface area contributed by atoms with Gasteiger partial charge in [0.2, 0.25) is 0 Å². The maximum atomic E-state index is 11.7. The number of ketones is 1. The molecule has 0 aromatic heterocycles. The van der Waals surface area contributed by atoms with Gasteiger partial charge in [-0.3, -0.25) is 4.79 Å². The third-order valence-electron chi connectivity index (χ3n) is 2.24. The van der Waals surface area contributed by atoms with E-state index < -0.39 is 5.97 Å². The van der Waals surface area contributed by atoms with Gasteiger partial charge in [0.25, 0.3) is 0 Å². The quantitative estimate of drug-likeness (QED) is 0.777. The molecule has 1 aromatic rings. The lowest BCUT2D eigenvalue weighted by molar-refractivity contribution is 0.0688. The number of hydrogen-bond donors (Lipinski definition) is 1. The van der Waals surface area contributed by atoms with Gasteiger partial charge in [0.15, 0.2) is 5.78 Å². The molecule has 0 bridgehead atoms. The maximum absolute atomic E-state index is 11.7. The van der Waals surface area contributed by atoms with Gasteiger partial charge < -0.3 is 9.84 Å². The van der Waals surface area contributed by atoms with Gasteiger partial charge in [0.1, 0.15) is 11.3 Å². The molecule has 0 heterocycles. The number of ether oxygens (including phenoxy) is 1. The predicted octanol–water partition coefficient (Wildman–Crippen LogP) is 2.38. The molecule has 4 heteroatoms. The Balaban J connectivity index is 3.27. The Bertz CT molecular complexity index is 409. The molecule has 4 nitrogen and oxygen atoms in total. The first-order chi connectivity index (χ1) is 7.61. The van der Waals surface area contributed by atoms with E-state index in [1.807, 2.05) is 6.92 Å². The zero-order valence-corrected chi connectivity index (χ0v) is 9.32. The van der Waals surface area contributed by atoms with Gasteiger partial charge in [0.05, 0.1) is 7.11 Å². The second-order valence-corrected chi connectivity index (χ2v) is 3.36. The number of aromatic carboxylic acids is 1. The van der Waals surface area contributed by atoms with E-state index in [0.29, 0.717) is 12.8 Å². The molecule has 0 aliphatic carbocycles. The second kappa shape index (κ2) is 5.30. The first-order valence-electron chi connectivity index (χ1n) is 5.05. The van der Waals surface area contributed by atoms with E-state index in [1.165, 1.54) is 19.2 Å². The first kappa shape index (κ1) is 12.2. The molecule has 0 aliphatic heterocycles. The van der Waals surface area contributed by atoms with Gasteiger partial charge in [-0.2, -0.15) is 0 Å². The summed E-state index contributed by atoms with van der Waals surface area (Å²) in [6.45, 7) is 1.87. The van der Waals surface area contributed by atoms with Crippen LogP contribution < -0.4 is 4.74 Å². The number of benzene rings is 1. The van der Waals surface area contributed by atoms with Crippen LogP contribution >= 0.6 is 0 Å². The SMILES string of the molecule is CCCC(=O)c1cccc(OC)c1C(=O)O. The molecular weight excluding hydrogens is 208 g/mol. The second-order valence-electron chi connectivity index (χ2n) is 3.36. The summed E-state index contributed by atoms with van der Waals surface area (Å²) in [5.41, 5.74) is 0.164. The Morgan fingerprint density at radius 1 is 1.38 bits per heavy atom. The van der Waals surface area contributed by atoms with E-state index in [-0.39, 0.29) is 22.7 Å². The minimum Gasteiger partial charge on any atom is -0.496 e. The third kappa shape index (κ3) is 2.39. The van der Waals surface area contributed by atoms with Crippen LogP contribution in [0.4, 0.5) is 0 Å². The third-order valence-corrected chi connectivity index (χ3v) is 2.24. The standard InChI is InChI=1S/C12H14O4/c1-3-5-9(13)8-6-4-7-10(16-2)11(8)12(14)15/h4,6-7H,3,5H2,1-2H3,(H,14,15). The summed E-state index contributed by atoms with van der Waals surface area (Å²) in [6.07, 6.45) is 1.03. The minimum absolute atomic E-state index is 0.0524. The Morgan fingerprint density at radius 3 is 2.56 bits per heavy atom. The highest BCUT2D eigenvalue weighted by Gasteiger charge is 2.20. The van der Waals surface area contributed by atoms with Crippen molar-refractivity contribution in [3.8, 4) is 5.75 Å². The molecule has 16 heavy (non-hydrogen) atoms. The number of carboxylic acid groups (broad SMARTS) is 1. The number of carboxylic acids is 1. The average molecular weight is 222 g/mol. The average Bonchev–Trinajstić information content (AvgIpc) is 2.28. The summed E-state index contributed by atoms with van der Waals surface area (Å²) >= 11 is 0. The van der Waals surface area contributed by atoms with Crippen molar-refractivity contribution in [2.24, 2.45) is 0 Å². The van der Waals surface area contributed by atoms with Crippen molar-refractivity contribution in [3.05, 3.63) is 29.3 Å². The van der Waals surface area contributed by atoms with Crippen LogP contribution in [0.5, 0.6) is 5.75 Å². The van der Waals surface area contributed by atoms with Crippen molar-refractivity contribution < 1.29 is 19.4 Å². The Morgan fingerprint density at radius 2 is 2.06 bits per heavy atom. The van der Waals surface area contributed by atoms with Crippen molar-refractivity contribution in [1.82, 2.24) is 0 Å². The summed E-state index contributed by atoms with van der Waals surface area (Å²) in [5.74, 6) is -1.09. The molecule has 0 fully saturated rings. The number of methoxy groups -OCH3 is 1. The topological polar surface area (TPSA) is 63.6 Å². The first-order valence-corrected chi connectivity index (χ1v) is 5.05. The van der Waals surface area contributed by atoms with Crippen LogP contribution in [0.15, 0.2) is 18.2 Å². The highest BCUT2D eigenvalue weighted by molar-refractivity contribution is 6.07. The Labute approximate surface area is 93.9 Å². The molecule has 1 rings (SSSR count). The summed E-state index contributed by atoms with van der Waals surface area (Å²) < 4.78 is 4.94. The molecule has 0 spiro atoms. The lowest BCUT2D eigenvalue weighted by Gasteiger charge is -2.09. The molecular formula is C12H14O4. The molecule has 0 aliphatic rings. The van der Waals surface area contributed by atoms with Gasteiger partial charge in [-0.25, -0.2) is 4.79 Å². The van der Waals surface area contributed by atoms with Crippen LogP contribution in [0.25, 0.3) is 0 Å². The monoisotopic (exact) mass is 222 g/mol. The van der Waals surface area contributed by atoms with Crippen molar-refractivity contribution in [3.63, 3.8) is 0 Å². The Hall–Kier alpha value is -1.84. The molecule has 0 unspecified atom stereocenters. The zero-order valence-electron chi connectivity index (χ0n) is 9.32. The number of Topliss-reactive ketones (excluding diaryl/α,β-unsaturated/α-hetero) is 1. The molecule has 0 saturated carbocycles. The summed E-state index contributed by atoms with van der Waals surface area (Å²) in [6, 6.07) is 4.67. The lowest BCUT2D eigenvalue weighted by Crippen LogP contribution is -2.10. The smallest absolute Gasteiger partial charge is 0.340 e. The van der Waals surface area contributed by atoms with Crippen LogP contribution in [-0.4, -0.2) is 24.0 Å². The molecule has 0 saturated heterocycles. The number of hydrogen-bond acceptors (Lipinski definition) is 3. The maximum Gasteiger partial charge on any atom is 0.340 e. The van der Waals surface area contributed by atoms with E-state index in [1.54, 1.807) is 6.07 Å². The Kier molecular flexibility index (Phi) is 4.05. The van der Waals surface area contributed by atoms with Crippen molar-refractivity contribution in [2.75, 3.05) is 7.11 Å². The molecule has 0 atom stereocenters. The minimum atomic E-state index is -1.14. The van der Waals surface area contributed by atoms with Gasteiger partial charge >= 0.3 is 5.97 Å². The molecule has 0 amide bonds. The van der Waals surface area contributed by atoms with Gasteiger partial charge in [0, 0.05) is 12.0 Å². The van der Waals surface area contributed by atoms with Gasteiger partial charge in [-0.05, 0) is 12.5 Å². The number of carbonyl (C=O) groups excluding carboxylic acids is 1. The largest absolute Gasteiger partial charge is 0.496 e. The highest BCUT2D eigenvalue weighted by Crippen LogP contribution is 2.23. The van der Waals surface area contributed by atoms with Gasteiger partial charge in [-0.15, -0.1) is 0 Å². The van der Waals surface area contributed by atoms with Crippen molar-refractivity contribution in [1.29, 1.82) is 0 Å². The highest BCUT2D eigenvalue weighted by atomic mass is 16.5. The number of rotatable bonds is 5. The fraction of sp³-hybridized carbons (Fsp3) is 0.333. The fourth-order valence-corrected chi connectivity index (χ4v) is 1.52. The van der Waals surface area contributed by atoms with Crippen LogP contribution in [0.3, 0.4) is 0 Å². The van der Waals surface area contributed by atoms with Crippen LogP contribution in [0.2, 0.25) is 0 Å². The van der Waals surface area contributed by atoms with Crippen LogP contribution in [0, 0.1) is 0 Å². The summed E-state index contributed by atoms with van der Waals surface area (Å²) in [4.78, 5) is 22.8. The van der Waals surface area contributed by atoms with Crippen LogP contribution in [0.1, 0.15) is 40.5 Å². The summed E-state index contributed by atoms with van der Waals surface area (Å²) in [5, 5.41) is 9.06. The van der Waals surface area contributed by atoms with E-state index in [0.717, 1.165) is 0 Å². The molecule has 86 valence electrons. The summed E-state index contributed by atoms with van der Waals surface area (Å²) in [7, 11) is 1.38. The van der Waals surface area contributed by atoms with Crippen molar-refractivity contribution in [2.45, 2.75) is 19.8 Å². The van der Waals surface area contributed by atoms with E-state index >= 15 is 0 Å². The zero-order chi connectivity index (χ0) is 12.1. The van der Waals surface area contributed by atoms with Crippen LogP contribution in [-0.2, 0) is 0 Å². The normalized spacial score (nSPS) is 9.88. The fourth-order valence-electron chi connectivity index (χ4n) is 1.52. The van der Waals surface area contributed by atoms with E-state index in [4.69, 9.17) is 9.84 Å². The van der Waals surface area contributed by atoms with Gasteiger partial charge in [-0.1, -0.05) is 19.1 Å². The molecule has 1 N–H and O–H groups in total.